The largest absolute Gasteiger partial charge is 0.486 e. The molecule has 0 aliphatic carbocycles. The normalized spacial score (nSPS) is 15.6. The van der Waals surface area contributed by atoms with Crippen LogP contribution >= 0.6 is 0 Å². The van der Waals surface area contributed by atoms with Gasteiger partial charge in [-0.3, -0.25) is 14.5 Å². The van der Waals surface area contributed by atoms with Gasteiger partial charge in [-0.05, 0) is 12.1 Å². The number of hydrogen-bond donors (Lipinski definition) is 1. The van der Waals surface area contributed by atoms with Gasteiger partial charge in [0.25, 0.3) is 5.91 Å². The van der Waals surface area contributed by atoms with E-state index in [4.69, 9.17) is 9.47 Å². The number of nitrogens with one attached hydrogen (secondary N) is 1. The molecule has 126 valence electrons. The van der Waals surface area contributed by atoms with Crippen molar-refractivity contribution in [2.45, 2.75) is 12.6 Å². The van der Waals surface area contributed by atoms with Crippen LogP contribution in [0, 0.1) is 0 Å². The molecule has 3 aromatic rings. The fourth-order valence-corrected chi connectivity index (χ4v) is 2.50. The van der Waals surface area contributed by atoms with E-state index >= 15 is 0 Å². The summed E-state index contributed by atoms with van der Waals surface area (Å²) in [4.78, 5) is 19.9. The molecule has 0 spiro atoms. The van der Waals surface area contributed by atoms with Gasteiger partial charge in [0.05, 0.1) is 24.6 Å². The number of ether oxygens (including phenoxy) is 2. The second kappa shape index (κ2) is 6.60. The van der Waals surface area contributed by atoms with E-state index in [0.717, 1.165) is 11.5 Å². The Balaban J connectivity index is 1.38. The van der Waals surface area contributed by atoms with E-state index in [2.05, 4.69) is 20.4 Å². The number of hydrogen-bond acceptors (Lipinski definition) is 6. The summed E-state index contributed by atoms with van der Waals surface area (Å²) in [5.74, 6) is 1.14. The molecular formula is C17H15N5O3. The third-order valence-corrected chi connectivity index (χ3v) is 3.65. The molecule has 1 unspecified atom stereocenters. The number of carbonyl (C=O) groups is 1. The second-order valence-electron chi connectivity index (χ2n) is 5.49. The topological polar surface area (TPSA) is 91.2 Å². The highest BCUT2D eigenvalue weighted by Gasteiger charge is 2.21. The number of anilines is 1. The van der Waals surface area contributed by atoms with Crippen LogP contribution in [0.1, 0.15) is 10.5 Å². The lowest BCUT2D eigenvalue weighted by molar-refractivity contribution is 0.0759. The zero-order valence-corrected chi connectivity index (χ0v) is 13.2. The van der Waals surface area contributed by atoms with Crippen LogP contribution in [0.3, 0.4) is 0 Å². The number of carbonyl (C=O) groups excluding carboxylic acids is 1. The molecule has 0 saturated heterocycles. The molecule has 1 atom stereocenters. The first-order chi connectivity index (χ1) is 12.3. The number of fused-ring (bicyclic) bond motifs is 1. The Morgan fingerprint density at radius 1 is 1.24 bits per heavy atom. The molecule has 0 bridgehead atoms. The minimum absolute atomic E-state index is 0.154. The van der Waals surface area contributed by atoms with Crippen LogP contribution in [-0.4, -0.2) is 38.4 Å². The summed E-state index contributed by atoms with van der Waals surface area (Å²) in [6, 6.07) is 7.55. The Morgan fingerprint density at radius 2 is 2.12 bits per heavy atom. The fourth-order valence-electron chi connectivity index (χ4n) is 2.50. The lowest BCUT2D eigenvalue weighted by atomic mass is 10.2. The van der Waals surface area contributed by atoms with Crippen molar-refractivity contribution < 1.29 is 14.3 Å². The summed E-state index contributed by atoms with van der Waals surface area (Å²) in [5.41, 5.74) is 0.823. The molecule has 0 fully saturated rings. The molecule has 3 heterocycles. The summed E-state index contributed by atoms with van der Waals surface area (Å²) >= 11 is 0. The summed E-state index contributed by atoms with van der Waals surface area (Å²) in [6.45, 7) is 0.952. The molecule has 1 aliphatic heterocycles. The van der Waals surface area contributed by atoms with Crippen molar-refractivity contribution in [1.82, 2.24) is 19.7 Å². The average Bonchev–Trinajstić information content (AvgIpc) is 3.09. The maximum absolute atomic E-state index is 12.1. The Labute approximate surface area is 143 Å². The molecule has 1 aromatic carbocycles. The van der Waals surface area contributed by atoms with Gasteiger partial charge in [0.1, 0.15) is 12.3 Å². The average molecular weight is 337 g/mol. The number of rotatable bonds is 4. The van der Waals surface area contributed by atoms with Gasteiger partial charge in [-0.25, -0.2) is 4.98 Å². The van der Waals surface area contributed by atoms with E-state index in [9.17, 15) is 4.79 Å². The maximum atomic E-state index is 12.1. The van der Waals surface area contributed by atoms with Gasteiger partial charge in [0.2, 0.25) is 0 Å². The van der Waals surface area contributed by atoms with Crippen LogP contribution in [0.25, 0.3) is 0 Å². The van der Waals surface area contributed by atoms with Crippen molar-refractivity contribution in [3.8, 4) is 11.5 Å². The van der Waals surface area contributed by atoms with Crippen molar-refractivity contribution in [1.29, 1.82) is 0 Å². The molecule has 8 heteroatoms. The minimum Gasteiger partial charge on any atom is -0.486 e. The molecule has 0 radical (unpaired) electrons. The summed E-state index contributed by atoms with van der Waals surface area (Å²) in [6.07, 6.45) is 7.54. The molecule has 2 aromatic heterocycles. The summed E-state index contributed by atoms with van der Waals surface area (Å²) in [5, 5.41) is 6.98. The van der Waals surface area contributed by atoms with E-state index in [0.29, 0.717) is 18.8 Å². The first kappa shape index (κ1) is 15.1. The molecule has 1 aliphatic rings. The van der Waals surface area contributed by atoms with Gasteiger partial charge in [-0.1, -0.05) is 12.1 Å². The van der Waals surface area contributed by atoms with Gasteiger partial charge in [-0.2, -0.15) is 5.10 Å². The minimum atomic E-state index is -0.334. The van der Waals surface area contributed by atoms with E-state index in [1.807, 2.05) is 24.3 Å². The number of aromatic nitrogens is 4. The van der Waals surface area contributed by atoms with Gasteiger partial charge in [-0.15, -0.1) is 0 Å². The van der Waals surface area contributed by atoms with Crippen molar-refractivity contribution in [2.75, 3.05) is 11.9 Å². The number of benzene rings is 1. The molecule has 4 rings (SSSR count). The monoisotopic (exact) mass is 337 g/mol. The Kier molecular flexibility index (Phi) is 3.99. The van der Waals surface area contributed by atoms with Crippen LogP contribution in [0.2, 0.25) is 0 Å². The van der Waals surface area contributed by atoms with Crippen LogP contribution in [-0.2, 0) is 6.54 Å². The second-order valence-corrected chi connectivity index (χ2v) is 5.49. The Hall–Kier alpha value is -3.42. The van der Waals surface area contributed by atoms with Crippen molar-refractivity contribution in [3.63, 3.8) is 0 Å². The van der Waals surface area contributed by atoms with Gasteiger partial charge < -0.3 is 14.8 Å². The van der Waals surface area contributed by atoms with Crippen LogP contribution < -0.4 is 14.8 Å². The smallest absolute Gasteiger partial charge is 0.275 e. The molecule has 0 saturated carbocycles. The van der Waals surface area contributed by atoms with Crippen LogP contribution in [0.4, 0.5) is 5.69 Å². The van der Waals surface area contributed by atoms with Crippen molar-refractivity contribution in [2.24, 2.45) is 0 Å². The highest BCUT2D eigenvalue weighted by Crippen LogP contribution is 2.31. The zero-order chi connectivity index (χ0) is 17.1. The summed E-state index contributed by atoms with van der Waals surface area (Å²) in [7, 11) is 0. The van der Waals surface area contributed by atoms with E-state index in [-0.39, 0.29) is 17.7 Å². The standard InChI is InChI=1S/C17H15N5O3/c23-17(14-8-18-5-6-19-14)21-12-7-20-22(9-12)10-13-11-24-15-3-1-2-4-16(15)25-13/h1-9,13H,10-11H2,(H,21,23). The zero-order valence-electron chi connectivity index (χ0n) is 13.2. The predicted octanol–water partition coefficient (Wildman–Crippen LogP) is 1.77. The fraction of sp³-hybridized carbons (Fsp3) is 0.176. The Bertz CT molecular complexity index is 881. The lowest BCUT2D eigenvalue weighted by Gasteiger charge is -2.26. The highest BCUT2D eigenvalue weighted by atomic mass is 16.6. The lowest BCUT2D eigenvalue weighted by Crippen LogP contribution is -2.33. The quantitative estimate of drug-likeness (QED) is 0.780. The van der Waals surface area contributed by atoms with Gasteiger partial charge in [0, 0.05) is 18.6 Å². The first-order valence-electron chi connectivity index (χ1n) is 7.76. The molecule has 1 N–H and O–H groups in total. The third-order valence-electron chi connectivity index (χ3n) is 3.65. The van der Waals surface area contributed by atoms with Crippen molar-refractivity contribution in [3.05, 3.63) is 60.9 Å². The molecule has 1 amide bonds. The number of para-hydroxylation sites is 2. The summed E-state index contributed by atoms with van der Waals surface area (Å²) < 4.78 is 13.3. The van der Waals surface area contributed by atoms with E-state index in [1.54, 1.807) is 17.1 Å². The number of amides is 1. The predicted molar refractivity (Wildman–Crippen MR) is 88.6 cm³/mol. The molecule has 25 heavy (non-hydrogen) atoms. The van der Waals surface area contributed by atoms with Crippen molar-refractivity contribution >= 4 is 11.6 Å². The van der Waals surface area contributed by atoms with E-state index in [1.165, 1.54) is 18.6 Å². The highest BCUT2D eigenvalue weighted by molar-refractivity contribution is 6.02. The SMILES string of the molecule is O=C(Nc1cnn(CC2COc3ccccc3O2)c1)c1cnccn1. The van der Waals surface area contributed by atoms with Crippen LogP contribution in [0.15, 0.2) is 55.2 Å². The molecule has 8 nitrogen and oxygen atoms in total. The Morgan fingerprint density at radius 3 is 2.96 bits per heavy atom. The van der Waals surface area contributed by atoms with Gasteiger partial charge in [0.15, 0.2) is 17.6 Å². The third kappa shape index (κ3) is 3.42. The number of nitrogens with zero attached hydrogens (tertiary/aromatic N) is 4. The van der Waals surface area contributed by atoms with E-state index < -0.39 is 0 Å². The van der Waals surface area contributed by atoms with Gasteiger partial charge >= 0.3 is 0 Å². The first-order valence-corrected chi connectivity index (χ1v) is 7.76. The maximum Gasteiger partial charge on any atom is 0.275 e. The van der Waals surface area contributed by atoms with Crippen LogP contribution in [0.5, 0.6) is 11.5 Å². The molecular weight excluding hydrogens is 322 g/mol.